The van der Waals surface area contributed by atoms with E-state index in [2.05, 4.69) is 18.7 Å². The van der Waals surface area contributed by atoms with Gasteiger partial charge in [-0.2, -0.15) is 0 Å². The smallest absolute Gasteiger partial charge is 0.0678 e. The summed E-state index contributed by atoms with van der Waals surface area (Å²) in [5, 5.41) is 0. The summed E-state index contributed by atoms with van der Waals surface area (Å²) >= 11 is 0. The fourth-order valence-electron chi connectivity index (χ4n) is 1.90. The van der Waals surface area contributed by atoms with Crippen LogP contribution in [0.1, 0.15) is 34.1 Å². The Balaban J connectivity index is 0.000000921. The van der Waals surface area contributed by atoms with Crippen molar-refractivity contribution in [1.29, 1.82) is 0 Å². The summed E-state index contributed by atoms with van der Waals surface area (Å²) in [7, 11) is 1.75. The molecular formula is C12H27NO2. The van der Waals surface area contributed by atoms with Crippen LogP contribution in [-0.2, 0) is 9.47 Å². The molecule has 0 aliphatic carbocycles. The average molecular weight is 217 g/mol. The second-order valence-corrected chi connectivity index (χ2v) is 3.86. The molecule has 1 rings (SSSR count). The number of hydrogen-bond acceptors (Lipinski definition) is 3. The molecule has 0 amide bonds. The molecule has 92 valence electrons. The van der Waals surface area contributed by atoms with Crippen molar-refractivity contribution < 1.29 is 9.47 Å². The topological polar surface area (TPSA) is 21.7 Å². The zero-order valence-corrected chi connectivity index (χ0v) is 11.0. The van der Waals surface area contributed by atoms with E-state index < -0.39 is 0 Å². The highest BCUT2D eigenvalue weighted by Gasteiger charge is 2.21. The van der Waals surface area contributed by atoms with E-state index in [4.69, 9.17) is 9.47 Å². The van der Waals surface area contributed by atoms with Gasteiger partial charge in [0, 0.05) is 33.4 Å². The standard InChI is InChI=1S/C10H21NO2.C2H6/c1-9-7-11(5-4-6-12-3)8-10(2)13-9;1-2/h9-10H,4-8H2,1-3H3;1-2H3. The fraction of sp³-hybridized carbons (Fsp3) is 1.00. The van der Waals surface area contributed by atoms with E-state index in [0.29, 0.717) is 12.2 Å². The van der Waals surface area contributed by atoms with Gasteiger partial charge in [-0.3, -0.25) is 4.90 Å². The van der Waals surface area contributed by atoms with Crippen LogP contribution < -0.4 is 0 Å². The van der Waals surface area contributed by atoms with E-state index in [-0.39, 0.29) is 0 Å². The molecule has 0 bridgehead atoms. The highest BCUT2D eigenvalue weighted by molar-refractivity contribution is 4.72. The Bertz CT molecular complexity index is 132. The third kappa shape index (κ3) is 6.88. The molecule has 1 heterocycles. The zero-order valence-electron chi connectivity index (χ0n) is 11.0. The molecule has 1 saturated heterocycles. The minimum atomic E-state index is 0.381. The zero-order chi connectivity index (χ0) is 11.7. The van der Waals surface area contributed by atoms with Crippen LogP contribution in [0.2, 0.25) is 0 Å². The Morgan fingerprint density at radius 3 is 2.20 bits per heavy atom. The predicted octanol–water partition coefficient (Wildman–Crippen LogP) is 2.16. The lowest BCUT2D eigenvalue weighted by Gasteiger charge is -2.35. The average Bonchev–Trinajstić information content (AvgIpc) is 2.20. The van der Waals surface area contributed by atoms with Crippen molar-refractivity contribution in [3.05, 3.63) is 0 Å². The third-order valence-corrected chi connectivity index (χ3v) is 2.32. The van der Waals surface area contributed by atoms with Crippen LogP contribution in [0.25, 0.3) is 0 Å². The molecule has 15 heavy (non-hydrogen) atoms. The summed E-state index contributed by atoms with van der Waals surface area (Å²) in [6, 6.07) is 0. The van der Waals surface area contributed by atoms with Crippen molar-refractivity contribution >= 4 is 0 Å². The first-order chi connectivity index (χ1) is 7.22. The van der Waals surface area contributed by atoms with Crippen LogP contribution in [0, 0.1) is 0 Å². The van der Waals surface area contributed by atoms with Crippen LogP contribution in [0.15, 0.2) is 0 Å². The van der Waals surface area contributed by atoms with Crippen molar-refractivity contribution in [2.75, 3.05) is 33.4 Å². The second-order valence-electron chi connectivity index (χ2n) is 3.86. The first-order valence-corrected chi connectivity index (χ1v) is 6.09. The second kappa shape index (κ2) is 9.13. The largest absolute Gasteiger partial charge is 0.385 e. The van der Waals surface area contributed by atoms with Gasteiger partial charge in [0.05, 0.1) is 12.2 Å². The van der Waals surface area contributed by atoms with Crippen molar-refractivity contribution in [1.82, 2.24) is 4.90 Å². The van der Waals surface area contributed by atoms with Gasteiger partial charge in [0.25, 0.3) is 0 Å². The molecular weight excluding hydrogens is 190 g/mol. The summed E-state index contributed by atoms with van der Waals surface area (Å²) in [5.41, 5.74) is 0. The molecule has 0 aromatic carbocycles. The summed E-state index contributed by atoms with van der Waals surface area (Å²) < 4.78 is 10.7. The molecule has 0 aromatic heterocycles. The van der Waals surface area contributed by atoms with Gasteiger partial charge in [0.1, 0.15) is 0 Å². The van der Waals surface area contributed by atoms with E-state index >= 15 is 0 Å². The van der Waals surface area contributed by atoms with Crippen LogP contribution in [0.4, 0.5) is 0 Å². The first-order valence-electron chi connectivity index (χ1n) is 6.09. The molecule has 0 radical (unpaired) electrons. The number of rotatable bonds is 4. The number of methoxy groups -OCH3 is 1. The maximum absolute atomic E-state index is 5.65. The molecule has 2 atom stereocenters. The Morgan fingerprint density at radius 1 is 1.20 bits per heavy atom. The van der Waals surface area contributed by atoms with Crippen molar-refractivity contribution in [3.63, 3.8) is 0 Å². The van der Waals surface area contributed by atoms with E-state index in [9.17, 15) is 0 Å². The molecule has 1 aliphatic rings. The van der Waals surface area contributed by atoms with Gasteiger partial charge in [0.15, 0.2) is 0 Å². The normalized spacial score (nSPS) is 27.0. The number of nitrogens with zero attached hydrogens (tertiary/aromatic N) is 1. The van der Waals surface area contributed by atoms with Gasteiger partial charge >= 0.3 is 0 Å². The maximum Gasteiger partial charge on any atom is 0.0678 e. The molecule has 1 aliphatic heterocycles. The molecule has 0 saturated carbocycles. The van der Waals surface area contributed by atoms with Gasteiger partial charge in [-0.05, 0) is 20.3 Å². The minimum Gasteiger partial charge on any atom is -0.385 e. The monoisotopic (exact) mass is 217 g/mol. The van der Waals surface area contributed by atoms with Crippen LogP contribution in [0.3, 0.4) is 0 Å². The van der Waals surface area contributed by atoms with Gasteiger partial charge in [0.2, 0.25) is 0 Å². The van der Waals surface area contributed by atoms with Gasteiger partial charge in [-0.1, -0.05) is 13.8 Å². The lowest BCUT2D eigenvalue weighted by atomic mass is 10.2. The van der Waals surface area contributed by atoms with E-state index in [0.717, 1.165) is 32.7 Å². The third-order valence-electron chi connectivity index (χ3n) is 2.32. The van der Waals surface area contributed by atoms with E-state index in [1.165, 1.54) is 0 Å². The summed E-state index contributed by atoms with van der Waals surface area (Å²) in [5.74, 6) is 0. The lowest BCUT2D eigenvalue weighted by Crippen LogP contribution is -2.45. The van der Waals surface area contributed by atoms with Gasteiger partial charge in [-0.25, -0.2) is 0 Å². The first kappa shape index (κ1) is 14.9. The Hall–Kier alpha value is -0.120. The highest BCUT2D eigenvalue weighted by atomic mass is 16.5. The van der Waals surface area contributed by atoms with Crippen LogP contribution >= 0.6 is 0 Å². The summed E-state index contributed by atoms with van der Waals surface area (Å²) in [4.78, 5) is 2.46. The summed E-state index contributed by atoms with van der Waals surface area (Å²) in [6.45, 7) is 12.4. The maximum atomic E-state index is 5.65. The molecule has 0 aromatic rings. The SMILES string of the molecule is CC.COCCCN1CC(C)OC(C)C1. The van der Waals surface area contributed by atoms with E-state index in [1.54, 1.807) is 7.11 Å². The van der Waals surface area contributed by atoms with Crippen molar-refractivity contribution in [2.45, 2.75) is 46.3 Å². The van der Waals surface area contributed by atoms with E-state index in [1.807, 2.05) is 13.8 Å². The molecule has 0 N–H and O–H groups in total. The minimum absolute atomic E-state index is 0.381. The molecule has 1 fully saturated rings. The molecule has 3 heteroatoms. The predicted molar refractivity (Wildman–Crippen MR) is 64.3 cm³/mol. The Kier molecular flexibility index (Phi) is 9.06. The number of hydrogen-bond donors (Lipinski definition) is 0. The summed E-state index contributed by atoms with van der Waals surface area (Å²) in [6.07, 6.45) is 1.88. The number of ether oxygens (including phenoxy) is 2. The van der Waals surface area contributed by atoms with Crippen molar-refractivity contribution in [3.8, 4) is 0 Å². The molecule has 2 unspecified atom stereocenters. The van der Waals surface area contributed by atoms with Crippen LogP contribution in [0.5, 0.6) is 0 Å². The molecule has 0 spiro atoms. The quantitative estimate of drug-likeness (QED) is 0.674. The molecule has 3 nitrogen and oxygen atoms in total. The van der Waals surface area contributed by atoms with Gasteiger partial charge < -0.3 is 9.47 Å². The Labute approximate surface area is 94.7 Å². The number of morpholine rings is 1. The highest BCUT2D eigenvalue weighted by Crippen LogP contribution is 2.10. The fourth-order valence-corrected chi connectivity index (χ4v) is 1.90. The lowest BCUT2D eigenvalue weighted by molar-refractivity contribution is -0.0690. The van der Waals surface area contributed by atoms with Crippen LogP contribution in [-0.4, -0.2) is 50.5 Å². The van der Waals surface area contributed by atoms with Crippen molar-refractivity contribution in [2.24, 2.45) is 0 Å². The Morgan fingerprint density at radius 2 is 1.73 bits per heavy atom. The van der Waals surface area contributed by atoms with Gasteiger partial charge in [-0.15, -0.1) is 0 Å².